The highest BCUT2D eigenvalue weighted by molar-refractivity contribution is 7.91. The van der Waals surface area contributed by atoms with Crippen LogP contribution in [-0.4, -0.2) is 19.9 Å². The van der Waals surface area contributed by atoms with Gasteiger partial charge in [-0.3, -0.25) is 0 Å². The number of hydrogen-bond acceptors (Lipinski definition) is 3. The van der Waals surface area contributed by atoms with Crippen molar-refractivity contribution in [3.8, 4) is 0 Å². The molecular formula is C16H25NO2S. The Morgan fingerprint density at radius 2 is 1.90 bits per heavy atom. The molecule has 20 heavy (non-hydrogen) atoms. The molecule has 112 valence electrons. The molecule has 2 N–H and O–H groups in total. The molecule has 0 aliphatic heterocycles. The van der Waals surface area contributed by atoms with E-state index >= 15 is 0 Å². The van der Waals surface area contributed by atoms with Crippen LogP contribution < -0.4 is 5.73 Å². The van der Waals surface area contributed by atoms with Gasteiger partial charge in [-0.05, 0) is 55.7 Å². The molecule has 0 saturated heterocycles. The lowest BCUT2D eigenvalue weighted by Crippen LogP contribution is -2.33. The first-order chi connectivity index (χ1) is 9.29. The summed E-state index contributed by atoms with van der Waals surface area (Å²) >= 11 is 0. The fourth-order valence-corrected chi connectivity index (χ4v) is 4.33. The van der Waals surface area contributed by atoms with Gasteiger partial charge in [0.05, 0.1) is 5.25 Å². The molecule has 4 heteroatoms. The molecule has 3 nitrogen and oxygen atoms in total. The van der Waals surface area contributed by atoms with E-state index in [4.69, 9.17) is 5.73 Å². The quantitative estimate of drug-likeness (QED) is 0.932. The summed E-state index contributed by atoms with van der Waals surface area (Å²) in [6.45, 7) is 4.18. The zero-order valence-corrected chi connectivity index (χ0v) is 13.4. The van der Waals surface area contributed by atoms with Crippen molar-refractivity contribution in [2.75, 3.05) is 6.26 Å². The number of aryl methyl sites for hydroxylation is 2. The number of sulfone groups is 1. The Hall–Kier alpha value is -0.870. The summed E-state index contributed by atoms with van der Waals surface area (Å²) in [7, 11) is -2.94. The molecule has 0 bridgehead atoms. The molecule has 3 atom stereocenters. The van der Waals surface area contributed by atoms with Crippen molar-refractivity contribution in [2.24, 2.45) is 11.7 Å². The zero-order valence-electron chi connectivity index (χ0n) is 12.6. The summed E-state index contributed by atoms with van der Waals surface area (Å²) < 4.78 is 23.5. The van der Waals surface area contributed by atoms with E-state index in [9.17, 15) is 8.42 Å². The van der Waals surface area contributed by atoms with Crippen LogP contribution in [0.4, 0.5) is 0 Å². The van der Waals surface area contributed by atoms with Gasteiger partial charge in [-0.25, -0.2) is 8.42 Å². The first-order valence-corrected chi connectivity index (χ1v) is 9.26. The van der Waals surface area contributed by atoms with Crippen LogP contribution in [0.1, 0.15) is 48.4 Å². The fraction of sp³-hybridized carbons (Fsp3) is 0.625. The highest BCUT2D eigenvalue weighted by atomic mass is 32.2. The lowest BCUT2D eigenvalue weighted by molar-refractivity contribution is 0.309. The fourth-order valence-electron chi connectivity index (χ4n) is 3.14. The van der Waals surface area contributed by atoms with Gasteiger partial charge in [-0.1, -0.05) is 24.6 Å². The average molecular weight is 295 g/mol. The summed E-state index contributed by atoms with van der Waals surface area (Å²) in [5.41, 5.74) is 10.0. The molecule has 0 heterocycles. The van der Waals surface area contributed by atoms with Gasteiger partial charge in [-0.15, -0.1) is 0 Å². The first kappa shape index (κ1) is 15.5. The van der Waals surface area contributed by atoms with E-state index < -0.39 is 9.84 Å². The monoisotopic (exact) mass is 295 g/mol. The van der Waals surface area contributed by atoms with Crippen LogP contribution in [0.3, 0.4) is 0 Å². The number of rotatable bonds is 3. The lowest BCUT2D eigenvalue weighted by atomic mass is 9.81. The van der Waals surface area contributed by atoms with Gasteiger partial charge < -0.3 is 5.73 Å². The second kappa shape index (κ2) is 5.86. The van der Waals surface area contributed by atoms with Crippen LogP contribution in [0.15, 0.2) is 18.2 Å². The molecule has 1 aromatic rings. The Kier molecular flexibility index (Phi) is 4.55. The summed E-state index contributed by atoms with van der Waals surface area (Å²) in [5.74, 6) is 0.269. The molecule has 1 aromatic carbocycles. The molecule has 3 unspecified atom stereocenters. The first-order valence-electron chi connectivity index (χ1n) is 7.30. The van der Waals surface area contributed by atoms with Crippen molar-refractivity contribution >= 4 is 9.84 Å². The molecular weight excluding hydrogens is 270 g/mol. The molecule has 1 fully saturated rings. The minimum atomic E-state index is -2.94. The Balaban J connectivity index is 2.16. The number of benzene rings is 1. The molecule has 2 rings (SSSR count). The Labute approximate surface area is 122 Å². The number of nitrogens with two attached hydrogens (primary N) is 1. The van der Waals surface area contributed by atoms with Crippen LogP contribution in [0, 0.1) is 19.8 Å². The van der Waals surface area contributed by atoms with Crippen LogP contribution in [0.5, 0.6) is 0 Å². The van der Waals surface area contributed by atoms with Gasteiger partial charge in [0.1, 0.15) is 9.84 Å². The highest BCUT2D eigenvalue weighted by Crippen LogP contribution is 2.35. The maximum absolute atomic E-state index is 11.7. The minimum Gasteiger partial charge on any atom is -0.324 e. The van der Waals surface area contributed by atoms with Crippen LogP contribution in [0.25, 0.3) is 0 Å². The van der Waals surface area contributed by atoms with Gasteiger partial charge in [0, 0.05) is 12.3 Å². The third kappa shape index (κ3) is 3.41. The zero-order chi connectivity index (χ0) is 14.9. The van der Waals surface area contributed by atoms with Crippen LogP contribution in [-0.2, 0) is 9.84 Å². The van der Waals surface area contributed by atoms with E-state index in [0.717, 1.165) is 24.8 Å². The normalized spacial score (nSPS) is 25.4. The smallest absolute Gasteiger partial charge is 0.150 e. The predicted molar refractivity (Wildman–Crippen MR) is 83.4 cm³/mol. The van der Waals surface area contributed by atoms with Crippen molar-refractivity contribution < 1.29 is 8.42 Å². The van der Waals surface area contributed by atoms with Crippen molar-refractivity contribution in [1.29, 1.82) is 0 Å². The van der Waals surface area contributed by atoms with E-state index in [1.54, 1.807) is 0 Å². The van der Waals surface area contributed by atoms with E-state index in [1.165, 1.54) is 17.4 Å². The molecule has 0 spiro atoms. The van der Waals surface area contributed by atoms with E-state index in [2.05, 4.69) is 32.0 Å². The van der Waals surface area contributed by atoms with E-state index in [-0.39, 0.29) is 17.2 Å². The maximum atomic E-state index is 11.7. The van der Waals surface area contributed by atoms with Crippen LogP contribution >= 0.6 is 0 Å². The van der Waals surface area contributed by atoms with E-state index in [0.29, 0.717) is 6.42 Å². The Bertz CT molecular complexity index is 580. The summed E-state index contributed by atoms with van der Waals surface area (Å²) in [4.78, 5) is 0. The molecule has 0 radical (unpaired) electrons. The van der Waals surface area contributed by atoms with E-state index in [1.807, 2.05) is 0 Å². The lowest BCUT2D eigenvalue weighted by Gasteiger charge is -2.32. The van der Waals surface area contributed by atoms with Gasteiger partial charge in [0.25, 0.3) is 0 Å². The SMILES string of the molecule is Cc1ccc(C(N)C2CCCC(S(C)(=O)=O)C2)cc1C. The second-order valence-electron chi connectivity index (χ2n) is 6.25. The van der Waals surface area contributed by atoms with Crippen molar-refractivity contribution in [3.63, 3.8) is 0 Å². The molecule has 1 aliphatic carbocycles. The third-order valence-electron chi connectivity index (χ3n) is 4.70. The minimum absolute atomic E-state index is 0.0566. The summed E-state index contributed by atoms with van der Waals surface area (Å²) in [6, 6.07) is 6.27. The Morgan fingerprint density at radius 1 is 1.20 bits per heavy atom. The number of hydrogen-bond donors (Lipinski definition) is 1. The summed E-state index contributed by atoms with van der Waals surface area (Å²) in [6.07, 6.45) is 4.82. The topological polar surface area (TPSA) is 60.2 Å². The van der Waals surface area contributed by atoms with Gasteiger partial charge in [0.15, 0.2) is 0 Å². The predicted octanol–water partition coefficient (Wildman–Crippen LogP) is 2.91. The van der Waals surface area contributed by atoms with Crippen molar-refractivity contribution in [3.05, 3.63) is 34.9 Å². The van der Waals surface area contributed by atoms with Crippen molar-refractivity contribution in [2.45, 2.75) is 50.8 Å². The molecule has 0 aromatic heterocycles. The van der Waals surface area contributed by atoms with Gasteiger partial charge >= 0.3 is 0 Å². The van der Waals surface area contributed by atoms with Crippen LogP contribution in [0.2, 0.25) is 0 Å². The highest BCUT2D eigenvalue weighted by Gasteiger charge is 2.32. The molecule has 1 aliphatic rings. The standard InChI is InChI=1S/C16H25NO2S/c1-11-7-8-14(9-12(11)2)16(17)13-5-4-6-15(10-13)20(3,18)19/h7-9,13,15-16H,4-6,10,17H2,1-3H3. The average Bonchev–Trinajstić information content (AvgIpc) is 2.40. The third-order valence-corrected chi connectivity index (χ3v) is 6.34. The summed E-state index contributed by atoms with van der Waals surface area (Å²) in [5, 5.41) is -0.209. The van der Waals surface area contributed by atoms with Gasteiger partial charge in [0.2, 0.25) is 0 Å². The maximum Gasteiger partial charge on any atom is 0.150 e. The molecule has 1 saturated carbocycles. The van der Waals surface area contributed by atoms with Gasteiger partial charge in [-0.2, -0.15) is 0 Å². The Morgan fingerprint density at radius 3 is 2.50 bits per heavy atom. The second-order valence-corrected chi connectivity index (χ2v) is 8.57. The largest absolute Gasteiger partial charge is 0.324 e. The van der Waals surface area contributed by atoms with Crippen molar-refractivity contribution in [1.82, 2.24) is 0 Å². The molecule has 0 amide bonds.